The summed E-state index contributed by atoms with van der Waals surface area (Å²) in [6, 6.07) is 8.14. The molecule has 0 saturated carbocycles. The molecular weight excluding hydrogens is 356 g/mol. The predicted octanol–water partition coefficient (Wildman–Crippen LogP) is 3.02. The van der Waals surface area contributed by atoms with Crippen LogP contribution in [0.3, 0.4) is 0 Å². The number of nitrogens with two attached hydrogens (primary N) is 1. The van der Waals surface area contributed by atoms with Gasteiger partial charge in [-0.1, -0.05) is 18.2 Å². The number of nitrogen functional groups attached to an aromatic ring is 1. The van der Waals surface area contributed by atoms with Gasteiger partial charge in [0.2, 0.25) is 5.91 Å². The van der Waals surface area contributed by atoms with Crippen molar-refractivity contribution in [2.75, 3.05) is 18.8 Å². The van der Waals surface area contributed by atoms with Crippen molar-refractivity contribution in [2.45, 2.75) is 31.7 Å². The van der Waals surface area contributed by atoms with Crippen molar-refractivity contribution in [3.63, 3.8) is 0 Å². The van der Waals surface area contributed by atoms with Crippen molar-refractivity contribution in [3.8, 4) is 0 Å². The number of aryl methyl sites for hydroxylation is 1. The SMILES string of the molecule is Nc1ccccc1CCC(=O)N1CCC(n2cc(Br)cn2)CC1. The molecule has 23 heavy (non-hydrogen) atoms. The fourth-order valence-corrected chi connectivity index (χ4v) is 3.36. The van der Waals surface area contributed by atoms with Crippen LogP contribution in [0.25, 0.3) is 0 Å². The van der Waals surface area contributed by atoms with Gasteiger partial charge in [-0.25, -0.2) is 0 Å². The van der Waals surface area contributed by atoms with E-state index in [4.69, 9.17) is 5.73 Å². The molecule has 2 heterocycles. The summed E-state index contributed by atoms with van der Waals surface area (Å²) in [5.74, 6) is 0.216. The average Bonchev–Trinajstić information content (AvgIpc) is 3.00. The standard InChI is InChI=1S/C17H21BrN4O/c18-14-11-20-22(12-14)15-7-9-21(10-8-15)17(23)6-5-13-3-1-2-4-16(13)19/h1-4,11-12,15H,5-10,19H2. The molecule has 0 spiro atoms. The van der Waals surface area contributed by atoms with Gasteiger partial charge in [0.15, 0.2) is 0 Å². The highest BCUT2D eigenvalue weighted by Crippen LogP contribution is 2.24. The maximum atomic E-state index is 12.4. The molecule has 6 heteroatoms. The van der Waals surface area contributed by atoms with Gasteiger partial charge >= 0.3 is 0 Å². The molecule has 0 unspecified atom stereocenters. The van der Waals surface area contributed by atoms with E-state index in [-0.39, 0.29) is 5.91 Å². The zero-order valence-electron chi connectivity index (χ0n) is 13.0. The van der Waals surface area contributed by atoms with E-state index in [2.05, 4.69) is 21.0 Å². The maximum absolute atomic E-state index is 12.4. The number of halogens is 1. The molecule has 3 rings (SSSR count). The van der Waals surface area contributed by atoms with E-state index < -0.39 is 0 Å². The largest absolute Gasteiger partial charge is 0.399 e. The number of piperidine rings is 1. The number of rotatable bonds is 4. The van der Waals surface area contributed by atoms with Crippen molar-refractivity contribution in [1.82, 2.24) is 14.7 Å². The minimum Gasteiger partial charge on any atom is -0.399 e. The Morgan fingerprint density at radius 3 is 2.70 bits per heavy atom. The quantitative estimate of drug-likeness (QED) is 0.834. The van der Waals surface area contributed by atoms with Crippen LogP contribution in [-0.4, -0.2) is 33.7 Å². The lowest BCUT2D eigenvalue weighted by molar-refractivity contribution is -0.132. The average molecular weight is 377 g/mol. The summed E-state index contributed by atoms with van der Waals surface area (Å²) < 4.78 is 2.99. The van der Waals surface area contributed by atoms with Gasteiger partial charge < -0.3 is 10.6 Å². The predicted molar refractivity (Wildman–Crippen MR) is 94.0 cm³/mol. The molecule has 0 bridgehead atoms. The highest BCUT2D eigenvalue weighted by atomic mass is 79.9. The summed E-state index contributed by atoms with van der Waals surface area (Å²) in [4.78, 5) is 14.4. The van der Waals surface area contributed by atoms with Crippen molar-refractivity contribution in [2.24, 2.45) is 0 Å². The number of carbonyl (C=O) groups is 1. The van der Waals surface area contributed by atoms with Crippen LogP contribution in [0.4, 0.5) is 5.69 Å². The first-order chi connectivity index (χ1) is 11.1. The maximum Gasteiger partial charge on any atom is 0.222 e. The second-order valence-electron chi connectivity index (χ2n) is 5.95. The van der Waals surface area contributed by atoms with E-state index in [1.807, 2.05) is 46.2 Å². The minimum absolute atomic E-state index is 0.216. The Morgan fingerprint density at radius 1 is 1.30 bits per heavy atom. The molecule has 1 aromatic carbocycles. The number of hydrogen-bond acceptors (Lipinski definition) is 3. The van der Waals surface area contributed by atoms with E-state index in [9.17, 15) is 4.79 Å². The lowest BCUT2D eigenvalue weighted by Crippen LogP contribution is -2.39. The molecule has 122 valence electrons. The van der Waals surface area contributed by atoms with Crippen LogP contribution in [0, 0.1) is 0 Å². The lowest BCUT2D eigenvalue weighted by atomic mass is 10.0. The van der Waals surface area contributed by atoms with Crippen molar-refractivity contribution < 1.29 is 4.79 Å². The molecular formula is C17H21BrN4O. The molecule has 0 radical (unpaired) electrons. The molecule has 0 atom stereocenters. The third kappa shape index (κ3) is 3.93. The third-order valence-electron chi connectivity index (χ3n) is 4.42. The van der Waals surface area contributed by atoms with E-state index in [0.717, 1.165) is 41.7 Å². The van der Waals surface area contributed by atoms with Gasteiger partial charge in [-0.05, 0) is 46.8 Å². The molecule has 1 fully saturated rings. The Labute approximate surface area is 144 Å². The Kier molecular flexibility index (Phi) is 5.00. The van der Waals surface area contributed by atoms with Gasteiger partial charge in [0, 0.05) is 31.4 Å². The highest BCUT2D eigenvalue weighted by molar-refractivity contribution is 9.10. The first-order valence-corrected chi connectivity index (χ1v) is 8.73. The summed E-state index contributed by atoms with van der Waals surface area (Å²) in [7, 11) is 0. The number of anilines is 1. The summed E-state index contributed by atoms with van der Waals surface area (Å²) in [5.41, 5.74) is 7.75. The van der Waals surface area contributed by atoms with Gasteiger partial charge in [-0.3, -0.25) is 9.48 Å². The molecule has 2 aromatic rings. The van der Waals surface area contributed by atoms with Crippen LogP contribution in [-0.2, 0) is 11.2 Å². The molecule has 1 aliphatic heterocycles. The minimum atomic E-state index is 0.216. The van der Waals surface area contributed by atoms with Crippen LogP contribution < -0.4 is 5.73 Å². The van der Waals surface area contributed by atoms with Gasteiger partial charge in [0.1, 0.15) is 0 Å². The number of hydrogen-bond donors (Lipinski definition) is 1. The molecule has 1 aromatic heterocycles. The number of aromatic nitrogens is 2. The van der Waals surface area contributed by atoms with E-state index in [1.165, 1.54) is 0 Å². The third-order valence-corrected chi connectivity index (χ3v) is 4.83. The number of para-hydroxylation sites is 1. The summed E-state index contributed by atoms with van der Waals surface area (Å²) in [6.45, 7) is 1.59. The Hall–Kier alpha value is -1.82. The number of carbonyl (C=O) groups excluding carboxylic acids is 1. The van der Waals surface area contributed by atoms with Crippen LogP contribution in [0.2, 0.25) is 0 Å². The van der Waals surface area contributed by atoms with Crippen LogP contribution >= 0.6 is 15.9 Å². The highest BCUT2D eigenvalue weighted by Gasteiger charge is 2.24. The van der Waals surface area contributed by atoms with Crippen molar-refractivity contribution >= 4 is 27.5 Å². The van der Waals surface area contributed by atoms with Crippen LogP contribution in [0.15, 0.2) is 41.1 Å². The number of benzene rings is 1. The topological polar surface area (TPSA) is 64.2 Å². The van der Waals surface area contributed by atoms with Crippen LogP contribution in [0.1, 0.15) is 30.9 Å². The molecule has 0 aliphatic carbocycles. The summed E-state index contributed by atoms with van der Waals surface area (Å²) in [6.07, 6.45) is 6.94. The molecule has 1 saturated heterocycles. The monoisotopic (exact) mass is 376 g/mol. The second kappa shape index (κ2) is 7.17. The van der Waals surface area contributed by atoms with E-state index in [0.29, 0.717) is 18.9 Å². The first kappa shape index (κ1) is 16.1. The van der Waals surface area contributed by atoms with Gasteiger partial charge in [0.05, 0.1) is 16.7 Å². The number of nitrogens with zero attached hydrogens (tertiary/aromatic N) is 3. The van der Waals surface area contributed by atoms with Crippen molar-refractivity contribution in [3.05, 3.63) is 46.7 Å². The fraction of sp³-hybridized carbons (Fsp3) is 0.412. The Morgan fingerprint density at radius 2 is 2.04 bits per heavy atom. The molecule has 5 nitrogen and oxygen atoms in total. The summed E-state index contributed by atoms with van der Waals surface area (Å²) in [5, 5.41) is 4.35. The smallest absolute Gasteiger partial charge is 0.222 e. The molecule has 1 amide bonds. The van der Waals surface area contributed by atoms with Gasteiger partial charge in [-0.15, -0.1) is 0 Å². The molecule has 2 N–H and O–H groups in total. The van der Waals surface area contributed by atoms with Crippen LogP contribution in [0.5, 0.6) is 0 Å². The summed E-state index contributed by atoms with van der Waals surface area (Å²) >= 11 is 3.42. The molecule has 1 aliphatic rings. The zero-order chi connectivity index (χ0) is 16.2. The van der Waals surface area contributed by atoms with Gasteiger partial charge in [0.25, 0.3) is 0 Å². The van der Waals surface area contributed by atoms with Crippen molar-refractivity contribution in [1.29, 1.82) is 0 Å². The number of amides is 1. The fourth-order valence-electron chi connectivity index (χ4n) is 3.06. The Balaban J connectivity index is 1.49. The number of likely N-dealkylation sites (tertiary alicyclic amines) is 1. The normalized spacial score (nSPS) is 15.8. The second-order valence-corrected chi connectivity index (χ2v) is 6.87. The Bertz CT molecular complexity index is 677. The van der Waals surface area contributed by atoms with E-state index in [1.54, 1.807) is 0 Å². The van der Waals surface area contributed by atoms with Gasteiger partial charge in [-0.2, -0.15) is 5.10 Å². The lowest BCUT2D eigenvalue weighted by Gasteiger charge is -2.32. The first-order valence-electron chi connectivity index (χ1n) is 7.94. The van der Waals surface area contributed by atoms with E-state index >= 15 is 0 Å². The zero-order valence-corrected chi connectivity index (χ0v) is 14.6.